The van der Waals surface area contributed by atoms with Crippen LogP contribution in [0.15, 0.2) is 115 Å². The third-order valence-corrected chi connectivity index (χ3v) is 8.96. The Bertz CT molecular complexity index is 1980. The molecule has 0 saturated heterocycles. The summed E-state index contributed by atoms with van der Waals surface area (Å²) in [6.07, 6.45) is 1.97. The van der Waals surface area contributed by atoms with E-state index in [0.29, 0.717) is 5.92 Å². The largest absolute Gasteiger partial charge is 0.256 e. The van der Waals surface area contributed by atoms with Crippen LogP contribution in [0.25, 0.3) is 64.5 Å². The molecule has 0 N–H and O–H groups in total. The van der Waals surface area contributed by atoms with E-state index in [4.69, 9.17) is 4.98 Å². The molecule has 39 heavy (non-hydrogen) atoms. The lowest BCUT2D eigenvalue weighted by Crippen LogP contribution is -1.95. The fourth-order valence-electron chi connectivity index (χ4n) is 6.08. The summed E-state index contributed by atoms with van der Waals surface area (Å²) in [5, 5.41) is 6.40. The van der Waals surface area contributed by atoms with Gasteiger partial charge in [-0.1, -0.05) is 98.8 Å². The number of rotatable bonds is 4. The van der Waals surface area contributed by atoms with Crippen LogP contribution in [0.4, 0.5) is 0 Å². The van der Waals surface area contributed by atoms with Gasteiger partial charge in [0.05, 0.1) is 5.69 Å². The van der Waals surface area contributed by atoms with Crippen LogP contribution in [-0.2, 0) is 0 Å². The summed E-state index contributed by atoms with van der Waals surface area (Å²) in [5.74, 6) is 0.473. The van der Waals surface area contributed by atoms with Crippen molar-refractivity contribution in [3.63, 3.8) is 0 Å². The van der Waals surface area contributed by atoms with Crippen molar-refractivity contribution in [2.75, 3.05) is 0 Å². The molecular formula is C37H29NS. The molecule has 0 atom stereocenters. The van der Waals surface area contributed by atoms with Gasteiger partial charge in [-0.25, -0.2) is 0 Å². The van der Waals surface area contributed by atoms with Gasteiger partial charge in [0.25, 0.3) is 0 Å². The molecular weight excluding hydrogens is 490 g/mol. The molecule has 0 aliphatic heterocycles. The number of aromatic nitrogens is 1. The first-order valence-corrected chi connectivity index (χ1v) is 14.4. The number of nitrogens with zero attached hydrogens (tertiary/aromatic N) is 1. The zero-order chi connectivity index (χ0) is 26.5. The van der Waals surface area contributed by atoms with Gasteiger partial charge in [-0.05, 0) is 81.1 Å². The molecule has 1 nitrogen and oxygen atoms in total. The first kappa shape index (κ1) is 23.8. The maximum atomic E-state index is 4.97. The van der Waals surface area contributed by atoms with Gasteiger partial charge in [-0.15, -0.1) is 11.3 Å². The highest BCUT2D eigenvalue weighted by Gasteiger charge is 2.16. The molecule has 7 aromatic rings. The van der Waals surface area contributed by atoms with Crippen molar-refractivity contribution in [1.29, 1.82) is 0 Å². The lowest BCUT2D eigenvalue weighted by Gasteiger charge is -2.16. The zero-order valence-corrected chi connectivity index (χ0v) is 23.2. The summed E-state index contributed by atoms with van der Waals surface area (Å²) in [6.45, 7) is 6.80. The molecule has 2 aromatic heterocycles. The van der Waals surface area contributed by atoms with E-state index in [1.54, 1.807) is 0 Å². The molecule has 0 fully saturated rings. The average Bonchev–Trinajstić information content (AvgIpc) is 3.41. The van der Waals surface area contributed by atoms with E-state index in [-0.39, 0.29) is 0 Å². The fraction of sp³-hybridized carbons (Fsp3) is 0.108. The van der Waals surface area contributed by atoms with E-state index in [2.05, 4.69) is 130 Å². The minimum atomic E-state index is 0.473. The van der Waals surface area contributed by atoms with Crippen molar-refractivity contribution in [1.82, 2.24) is 4.98 Å². The topological polar surface area (TPSA) is 12.9 Å². The molecule has 5 aromatic carbocycles. The first-order chi connectivity index (χ1) is 19.1. The molecule has 0 bridgehead atoms. The maximum absolute atomic E-state index is 4.97. The highest BCUT2D eigenvalue weighted by atomic mass is 32.1. The summed E-state index contributed by atoms with van der Waals surface area (Å²) < 4.78 is 1.28. The van der Waals surface area contributed by atoms with E-state index in [1.807, 2.05) is 17.5 Å². The van der Waals surface area contributed by atoms with Crippen LogP contribution in [0.2, 0.25) is 0 Å². The Morgan fingerprint density at radius 2 is 1.26 bits per heavy atom. The van der Waals surface area contributed by atoms with Gasteiger partial charge in [0.1, 0.15) is 0 Å². The Hall–Kier alpha value is -4.27. The SMILES string of the molecule is Cc1ccc2c(ccc3c(-c4cc(-c5ccccc5)c5cc(-c6ccccc6)sc5c4)nccc32)c1C(C)C. The average molecular weight is 520 g/mol. The summed E-state index contributed by atoms with van der Waals surface area (Å²) in [6, 6.07) is 39.7. The third-order valence-electron chi connectivity index (χ3n) is 7.83. The van der Waals surface area contributed by atoms with Crippen LogP contribution in [0.5, 0.6) is 0 Å². The van der Waals surface area contributed by atoms with E-state index in [0.717, 1.165) is 11.3 Å². The second-order valence-electron chi connectivity index (χ2n) is 10.6. The van der Waals surface area contributed by atoms with E-state index in [9.17, 15) is 0 Å². The predicted octanol–water partition coefficient (Wildman–Crippen LogP) is 11.0. The van der Waals surface area contributed by atoms with Crippen molar-refractivity contribution < 1.29 is 0 Å². The zero-order valence-electron chi connectivity index (χ0n) is 22.4. The van der Waals surface area contributed by atoms with Crippen molar-refractivity contribution in [2.24, 2.45) is 0 Å². The summed E-state index contributed by atoms with van der Waals surface area (Å²) in [4.78, 5) is 6.26. The molecule has 0 amide bonds. The highest BCUT2D eigenvalue weighted by Crippen LogP contribution is 2.43. The normalized spacial score (nSPS) is 11.7. The summed E-state index contributed by atoms with van der Waals surface area (Å²) in [7, 11) is 0. The monoisotopic (exact) mass is 519 g/mol. The van der Waals surface area contributed by atoms with E-state index in [1.165, 1.54) is 64.3 Å². The first-order valence-electron chi connectivity index (χ1n) is 13.6. The van der Waals surface area contributed by atoms with E-state index < -0.39 is 0 Å². The summed E-state index contributed by atoms with van der Waals surface area (Å²) in [5.41, 5.74) is 8.72. The Kier molecular flexibility index (Phi) is 5.79. The molecule has 7 rings (SSSR count). The van der Waals surface area contributed by atoms with Gasteiger partial charge in [0.2, 0.25) is 0 Å². The molecule has 0 aliphatic carbocycles. The molecule has 0 saturated carbocycles. The van der Waals surface area contributed by atoms with Gasteiger partial charge in [0, 0.05) is 32.1 Å². The Morgan fingerprint density at radius 3 is 2.00 bits per heavy atom. The summed E-state index contributed by atoms with van der Waals surface area (Å²) >= 11 is 1.85. The van der Waals surface area contributed by atoms with Crippen molar-refractivity contribution in [2.45, 2.75) is 26.7 Å². The lowest BCUT2D eigenvalue weighted by atomic mass is 9.89. The Balaban J connectivity index is 1.50. The van der Waals surface area contributed by atoms with Gasteiger partial charge < -0.3 is 0 Å². The highest BCUT2D eigenvalue weighted by molar-refractivity contribution is 7.22. The van der Waals surface area contributed by atoms with Gasteiger partial charge in [-0.2, -0.15) is 0 Å². The van der Waals surface area contributed by atoms with Crippen molar-refractivity contribution >= 4 is 43.0 Å². The van der Waals surface area contributed by atoms with Gasteiger partial charge in [-0.3, -0.25) is 4.98 Å². The molecule has 188 valence electrons. The third kappa shape index (κ3) is 4.04. The molecule has 0 aliphatic rings. The smallest absolute Gasteiger partial charge is 0.0781 e. The second kappa shape index (κ2) is 9.48. The molecule has 0 radical (unpaired) electrons. The number of aryl methyl sites for hydroxylation is 1. The number of fused-ring (bicyclic) bond motifs is 4. The standard InChI is InChI=1S/C37H29NS/c1-23(2)36-24(3)14-15-28-29-18-19-38-37(31(29)17-16-30(28)36)27-20-32(25-10-6-4-7-11-25)33-22-34(39-35(33)21-27)26-12-8-5-9-13-26/h4-23H,1-3H3. The van der Waals surface area contributed by atoms with Crippen LogP contribution in [0.3, 0.4) is 0 Å². The molecule has 2 heterocycles. The van der Waals surface area contributed by atoms with Crippen LogP contribution in [0, 0.1) is 6.92 Å². The molecule has 2 heteroatoms. The number of hydrogen-bond donors (Lipinski definition) is 0. The van der Waals surface area contributed by atoms with Gasteiger partial charge >= 0.3 is 0 Å². The van der Waals surface area contributed by atoms with Crippen LogP contribution in [0.1, 0.15) is 30.9 Å². The van der Waals surface area contributed by atoms with Crippen LogP contribution >= 0.6 is 11.3 Å². The van der Waals surface area contributed by atoms with E-state index >= 15 is 0 Å². The van der Waals surface area contributed by atoms with Gasteiger partial charge in [0.15, 0.2) is 0 Å². The fourth-order valence-corrected chi connectivity index (χ4v) is 7.21. The minimum Gasteiger partial charge on any atom is -0.256 e. The van der Waals surface area contributed by atoms with Crippen LogP contribution in [-0.4, -0.2) is 4.98 Å². The number of benzene rings is 5. The molecule has 0 unspecified atom stereocenters. The number of thiophene rings is 1. The number of pyridine rings is 1. The minimum absolute atomic E-state index is 0.473. The lowest BCUT2D eigenvalue weighted by molar-refractivity contribution is 0.867. The predicted molar refractivity (Wildman–Crippen MR) is 170 cm³/mol. The maximum Gasteiger partial charge on any atom is 0.0781 e. The Morgan fingerprint density at radius 1 is 0.590 bits per heavy atom. The number of hydrogen-bond acceptors (Lipinski definition) is 2. The van der Waals surface area contributed by atoms with Crippen LogP contribution < -0.4 is 0 Å². The molecule has 0 spiro atoms. The second-order valence-corrected chi connectivity index (χ2v) is 11.7. The Labute approximate surface area is 233 Å². The van der Waals surface area contributed by atoms with Crippen molar-refractivity contribution in [3.8, 4) is 32.8 Å². The van der Waals surface area contributed by atoms with Crippen molar-refractivity contribution in [3.05, 3.63) is 127 Å². The quantitative estimate of drug-likeness (QED) is 0.211.